The quantitative estimate of drug-likeness (QED) is 0.660. The maximum absolute atomic E-state index is 13.0. The SMILES string of the molecule is C[C@@H](Oc1ccc(F)cc1)C(=O)N1CCC[C@@H](c2nc3ccccc3s2)C1. The summed E-state index contributed by atoms with van der Waals surface area (Å²) in [6.45, 7) is 3.14. The van der Waals surface area contributed by atoms with Gasteiger partial charge in [-0.2, -0.15) is 0 Å². The molecule has 0 spiro atoms. The number of halogens is 1. The standard InChI is InChI=1S/C21H21FN2O2S/c1-14(26-17-10-8-16(22)9-11-17)21(25)24-12-4-5-15(13-24)20-23-18-6-2-3-7-19(18)27-20/h2-3,6-11,14-15H,4-5,12-13H2,1H3/t14-,15-/m1/s1. The highest BCUT2D eigenvalue weighted by atomic mass is 32.1. The van der Waals surface area contributed by atoms with Crippen LogP contribution in [0.25, 0.3) is 10.2 Å². The van der Waals surface area contributed by atoms with E-state index in [4.69, 9.17) is 9.72 Å². The Bertz CT molecular complexity index is 908. The van der Waals surface area contributed by atoms with Crippen molar-refractivity contribution < 1.29 is 13.9 Å². The molecule has 2 heterocycles. The van der Waals surface area contributed by atoms with Crippen LogP contribution in [0.2, 0.25) is 0 Å². The second-order valence-electron chi connectivity index (χ2n) is 6.86. The Morgan fingerprint density at radius 1 is 1.26 bits per heavy atom. The maximum Gasteiger partial charge on any atom is 0.263 e. The van der Waals surface area contributed by atoms with Gasteiger partial charge in [-0.05, 0) is 56.2 Å². The average molecular weight is 384 g/mol. The summed E-state index contributed by atoms with van der Waals surface area (Å²) in [5.74, 6) is 0.399. The molecular weight excluding hydrogens is 363 g/mol. The molecule has 0 N–H and O–H groups in total. The third kappa shape index (κ3) is 3.95. The number of carbonyl (C=O) groups is 1. The number of hydrogen-bond acceptors (Lipinski definition) is 4. The molecule has 1 saturated heterocycles. The minimum atomic E-state index is -0.607. The number of thiazole rings is 1. The van der Waals surface area contributed by atoms with E-state index in [0.717, 1.165) is 29.9 Å². The second kappa shape index (κ2) is 7.64. The van der Waals surface area contributed by atoms with Crippen LogP contribution >= 0.6 is 11.3 Å². The number of amides is 1. The summed E-state index contributed by atoms with van der Waals surface area (Å²) >= 11 is 1.71. The number of rotatable bonds is 4. The number of ether oxygens (including phenoxy) is 1. The molecule has 2 aromatic carbocycles. The molecule has 0 radical (unpaired) electrons. The molecule has 1 amide bonds. The van der Waals surface area contributed by atoms with Crippen molar-refractivity contribution >= 4 is 27.5 Å². The number of benzene rings is 2. The van der Waals surface area contributed by atoms with Gasteiger partial charge in [0.1, 0.15) is 11.6 Å². The Hall–Kier alpha value is -2.47. The van der Waals surface area contributed by atoms with Crippen LogP contribution < -0.4 is 4.74 Å². The molecule has 0 aliphatic carbocycles. The molecule has 140 valence electrons. The number of fused-ring (bicyclic) bond motifs is 1. The van der Waals surface area contributed by atoms with Gasteiger partial charge < -0.3 is 9.64 Å². The minimum Gasteiger partial charge on any atom is -0.481 e. The second-order valence-corrected chi connectivity index (χ2v) is 7.92. The molecule has 0 saturated carbocycles. The van der Waals surface area contributed by atoms with Gasteiger partial charge in [-0.15, -0.1) is 11.3 Å². The van der Waals surface area contributed by atoms with E-state index in [-0.39, 0.29) is 17.6 Å². The highest BCUT2D eigenvalue weighted by molar-refractivity contribution is 7.18. The van der Waals surface area contributed by atoms with Crippen LogP contribution in [0, 0.1) is 5.82 Å². The van der Waals surface area contributed by atoms with Gasteiger partial charge in [0, 0.05) is 19.0 Å². The molecule has 6 heteroatoms. The lowest BCUT2D eigenvalue weighted by molar-refractivity contribution is -0.139. The Kier molecular flexibility index (Phi) is 5.07. The lowest BCUT2D eigenvalue weighted by Crippen LogP contribution is -2.45. The monoisotopic (exact) mass is 384 g/mol. The topological polar surface area (TPSA) is 42.4 Å². The van der Waals surface area contributed by atoms with Crippen LogP contribution in [0.4, 0.5) is 4.39 Å². The molecule has 1 aliphatic rings. The molecule has 1 aromatic heterocycles. The van der Waals surface area contributed by atoms with Crippen molar-refractivity contribution in [3.63, 3.8) is 0 Å². The fraction of sp³-hybridized carbons (Fsp3) is 0.333. The zero-order chi connectivity index (χ0) is 18.8. The zero-order valence-corrected chi connectivity index (χ0v) is 15.9. The van der Waals surface area contributed by atoms with Gasteiger partial charge in [-0.3, -0.25) is 4.79 Å². The summed E-state index contributed by atoms with van der Waals surface area (Å²) in [6.07, 6.45) is 1.39. The highest BCUT2D eigenvalue weighted by Crippen LogP contribution is 2.33. The third-order valence-electron chi connectivity index (χ3n) is 4.87. The summed E-state index contributed by atoms with van der Waals surface area (Å²) in [4.78, 5) is 19.5. The first-order valence-electron chi connectivity index (χ1n) is 9.16. The van der Waals surface area contributed by atoms with Gasteiger partial charge in [0.15, 0.2) is 6.10 Å². The predicted molar refractivity (Wildman–Crippen MR) is 105 cm³/mol. The van der Waals surface area contributed by atoms with Gasteiger partial charge in [0.05, 0.1) is 15.2 Å². The molecule has 1 fully saturated rings. The van der Waals surface area contributed by atoms with Crippen LogP contribution in [-0.4, -0.2) is 35.0 Å². The lowest BCUT2D eigenvalue weighted by atomic mass is 9.98. The van der Waals surface area contributed by atoms with Crippen molar-refractivity contribution in [2.24, 2.45) is 0 Å². The fourth-order valence-corrected chi connectivity index (χ4v) is 4.56. The summed E-state index contributed by atoms with van der Waals surface area (Å²) < 4.78 is 19.9. The largest absolute Gasteiger partial charge is 0.481 e. The van der Waals surface area contributed by atoms with Crippen molar-refractivity contribution in [1.29, 1.82) is 0 Å². The first kappa shape index (κ1) is 17.9. The summed E-state index contributed by atoms with van der Waals surface area (Å²) in [6, 6.07) is 13.9. The number of carbonyl (C=O) groups excluding carboxylic acids is 1. The molecule has 0 bridgehead atoms. The molecule has 4 rings (SSSR count). The van der Waals surface area contributed by atoms with E-state index in [9.17, 15) is 9.18 Å². The zero-order valence-electron chi connectivity index (χ0n) is 15.1. The van der Waals surface area contributed by atoms with Crippen LogP contribution in [-0.2, 0) is 4.79 Å². The van der Waals surface area contributed by atoms with Crippen LogP contribution in [0.1, 0.15) is 30.7 Å². The van der Waals surface area contributed by atoms with E-state index in [1.165, 1.54) is 16.8 Å². The van der Waals surface area contributed by atoms with Crippen molar-refractivity contribution in [2.45, 2.75) is 31.8 Å². The Balaban J connectivity index is 1.43. The van der Waals surface area contributed by atoms with Gasteiger partial charge in [-0.1, -0.05) is 12.1 Å². The van der Waals surface area contributed by atoms with Crippen LogP contribution in [0.3, 0.4) is 0 Å². The molecule has 1 aliphatic heterocycles. The van der Waals surface area contributed by atoms with Crippen LogP contribution in [0.15, 0.2) is 48.5 Å². The molecular formula is C21H21FN2O2S. The smallest absolute Gasteiger partial charge is 0.263 e. The molecule has 3 aromatic rings. The average Bonchev–Trinajstić information content (AvgIpc) is 3.13. The molecule has 0 unspecified atom stereocenters. The Morgan fingerprint density at radius 3 is 2.81 bits per heavy atom. The first-order chi connectivity index (χ1) is 13.1. The van der Waals surface area contributed by atoms with E-state index in [1.54, 1.807) is 30.4 Å². The number of hydrogen-bond donors (Lipinski definition) is 0. The van der Waals surface area contributed by atoms with E-state index >= 15 is 0 Å². The summed E-state index contributed by atoms with van der Waals surface area (Å²) in [5, 5.41) is 1.10. The lowest BCUT2D eigenvalue weighted by Gasteiger charge is -2.33. The highest BCUT2D eigenvalue weighted by Gasteiger charge is 2.30. The maximum atomic E-state index is 13.0. The predicted octanol–water partition coefficient (Wildman–Crippen LogP) is 4.61. The Morgan fingerprint density at radius 2 is 2.04 bits per heavy atom. The van der Waals surface area contributed by atoms with E-state index in [0.29, 0.717) is 12.3 Å². The minimum absolute atomic E-state index is 0.0369. The number of aromatic nitrogens is 1. The van der Waals surface area contributed by atoms with Crippen molar-refractivity contribution in [3.8, 4) is 5.75 Å². The van der Waals surface area contributed by atoms with Crippen molar-refractivity contribution in [1.82, 2.24) is 9.88 Å². The first-order valence-corrected chi connectivity index (χ1v) is 9.98. The van der Waals surface area contributed by atoms with Gasteiger partial charge >= 0.3 is 0 Å². The fourth-order valence-electron chi connectivity index (χ4n) is 3.47. The van der Waals surface area contributed by atoms with E-state index < -0.39 is 6.10 Å². The Labute approximate surface area is 161 Å². The van der Waals surface area contributed by atoms with E-state index in [2.05, 4.69) is 6.07 Å². The molecule has 4 nitrogen and oxygen atoms in total. The number of likely N-dealkylation sites (tertiary alicyclic amines) is 1. The van der Waals surface area contributed by atoms with Gasteiger partial charge in [0.2, 0.25) is 0 Å². The van der Waals surface area contributed by atoms with Crippen molar-refractivity contribution in [2.75, 3.05) is 13.1 Å². The molecule has 2 atom stereocenters. The van der Waals surface area contributed by atoms with E-state index in [1.807, 2.05) is 23.1 Å². The van der Waals surface area contributed by atoms with Crippen LogP contribution in [0.5, 0.6) is 5.75 Å². The number of piperidine rings is 1. The summed E-state index contributed by atoms with van der Waals surface area (Å²) in [5.41, 5.74) is 1.02. The summed E-state index contributed by atoms with van der Waals surface area (Å²) in [7, 11) is 0. The number of para-hydroxylation sites is 1. The normalized spacial score (nSPS) is 18.4. The third-order valence-corrected chi connectivity index (χ3v) is 6.07. The molecule has 27 heavy (non-hydrogen) atoms. The van der Waals surface area contributed by atoms with Gasteiger partial charge in [-0.25, -0.2) is 9.37 Å². The number of nitrogens with zero attached hydrogens (tertiary/aromatic N) is 2. The van der Waals surface area contributed by atoms with Gasteiger partial charge in [0.25, 0.3) is 5.91 Å². The van der Waals surface area contributed by atoms with Crippen molar-refractivity contribution in [3.05, 3.63) is 59.4 Å².